The van der Waals surface area contributed by atoms with Crippen LogP contribution in [0.3, 0.4) is 0 Å². The molecular formula is C16H34N4O2S. The Labute approximate surface area is 142 Å². The maximum atomic E-state index is 11.2. The van der Waals surface area contributed by atoms with Crippen molar-refractivity contribution in [1.29, 1.82) is 0 Å². The quantitative estimate of drug-likeness (QED) is 0.393. The number of likely N-dealkylation sites (tertiary alicyclic amines) is 1. The summed E-state index contributed by atoms with van der Waals surface area (Å²) in [5.41, 5.74) is 0. The van der Waals surface area contributed by atoms with E-state index < -0.39 is 9.84 Å². The highest BCUT2D eigenvalue weighted by molar-refractivity contribution is 7.90. The van der Waals surface area contributed by atoms with Crippen LogP contribution in [0.25, 0.3) is 0 Å². The summed E-state index contributed by atoms with van der Waals surface area (Å²) in [6.45, 7) is 6.46. The number of sulfone groups is 1. The van der Waals surface area contributed by atoms with Gasteiger partial charge in [-0.25, -0.2) is 8.42 Å². The Morgan fingerprint density at radius 2 is 1.87 bits per heavy atom. The highest BCUT2D eigenvalue weighted by atomic mass is 32.2. The molecule has 1 saturated heterocycles. The standard InChI is InChI=1S/C16H34N4O2S/c1-15(9-14-23(3,21)22)19-16(17-2)18-10-8-13-20-11-6-4-5-7-12-20/h15H,4-14H2,1-3H3,(H2,17,18,19). The molecule has 0 aliphatic carbocycles. The van der Waals surface area contributed by atoms with Crippen LogP contribution < -0.4 is 10.6 Å². The van der Waals surface area contributed by atoms with Crippen molar-refractivity contribution >= 4 is 15.8 Å². The zero-order chi connectivity index (χ0) is 17.1. The lowest BCUT2D eigenvalue weighted by atomic mass is 10.2. The normalized spacial score (nSPS) is 19.2. The lowest BCUT2D eigenvalue weighted by Crippen LogP contribution is -2.43. The average Bonchev–Trinajstić information content (AvgIpc) is 2.76. The van der Waals surface area contributed by atoms with Crippen LogP contribution in [0.4, 0.5) is 0 Å². The van der Waals surface area contributed by atoms with Gasteiger partial charge in [0.15, 0.2) is 5.96 Å². The zero-order valence-electron chi connectivity index (χ0n) is 15.0. The van der Waals surface area contributed by atoms with Gasteiger partial charge in [-0.05, 0) is 52.2 Å². The van der Waals surface area contributed by atoms with Gasteiger partial charge in [0.25, 0.3) is 0 Å². The molecule has 0 amide bonds. The summed E-state index contributed by atoms with van der Waals surface area (Å²) >= 11 is 0. The lowest BCUT2D eigenvalue weighted by Gasteiger charge is -2.21. The van der Waals surface area contributed by atoms with E-state index in [2.05, 4.69) is 20.5 Å². The van der Waals surface area contributed by atoms with Crippen molar-refractivity contribution in [3.8, 4) is 0 Å². The highest BCUT2D eigenvalue weighted by Crippen LogP contribution is 2.09. The predicted octanol–water partition coefficient (Wildman–Crippen LogP) is 1.24. The molecule has 1 rings (SSSR count). The number of nitrogens with one attached hydrogen (secondary N) is 2. The summed E-state index contributed by atoms with van der Waals surface area (Å²) in [5.74, 6) is 0.953. The fourth-order valence-corrected chi connectivity index (χ4v) is 3.54. The van der Waals surface area contributed by atoms with Crippen molar-refractivity contribution in [2.45, 2.75) is 51.5 Å². The van der Waals surface area contributed by atoms with Gasteiger partial charge >= 0.3 is 0 Å². The third kappa shape index (κ3) is 10.5. The molecule has 1 unspecified atom stereocenters. The fourth-order valence-electron chi connectivity index (χ4n) is 2.76. The molecule has 1 aliphatic rings. The monoisotopic (exact) mass is 346 g/mol. The minimum Gasteiger partial charge on any atom is -0.356 e. The number of nitrogens with zero attached hydrogens (tertiary/aromatic N) is 2. The third-order valence-corrected chi connectivity index (χ3v) is 5.15. The number of hydrogen-bond acceptors (Lipinski definition) is 4. The van der Waals surface area contributed by atoms with E-state index in [4.69, 9.17) is 0 Å². The van der Waals surface area contributed by atoms with E-state index >= 15 is 0 Å². The van der Waals surface area contributed by atoms with Gasteiger partial charge in [-0.2, -0.15) is 0 Å². The summed E-state index contributed by atoms with van der Waals surface area (Å²) in [7, 11) is -1.16. The van der Waals surface area contributed by atoms with E-state index in [1.54, 1.807) is 7.05 Å². The van der Waals surface area contributed by atoms with Crippen LogP contribution in [0.2, 0.25) is 0 Å². The highest BCUT2D eigenvalue weighted by Gasteiger charge is 2.10. The molecule has 136 valence electrons. The maximum absolute atomic E-state index is 11.2. The first-order chi connectivity index (χ1) is 10.9. The summed E-state index contributed by atoms with van der Waals surface area (Å²) < 4.78 is 22.4. The molecule has 0 radical (unpaired) electrons. The number of rotatable bonds is 8. The second-order valence-corrected chi connectivity index (χ2v) is 8.83. The molecule has 0 spiro atoms. The topological polar surface area (TPSA) is 73.8 Å². The molecule has 1 aliphatic heterocycles. The molecule has 0 aromatic rings. The summed E-state index contributed by atoms with van der Waals surface area (Å²) in [6.07, 6.45) is 8.36. The van der Waals surface area contributed by atoms with Gasteiger partial charge in [0.2, 0.25) is 0 Å². The van der Waals surface area contributed by atoms with Gasteiger partial charge in [0.1, 0.15) is 9.84 Å². The van der Waals surface area contributed by atoms with Crippen LogP contribution in [0.1, 0.15) is 45.4 Å². The van der Waals surface area contributed by atoms with E-state index in [1.807, 2.05) is 6.92 Å². The molecule has 1 heterocycles. The minimum absolute atomic E-state index is 0.0848. The molecule has 6 nitrogen and oxygen atoms in total. The molecule has 1 fully saturated rings. The first-order valence-electron chi connectivity index (χ1n) is 8.78. The van der Waals surface area contributed by atoms with Gasteiger partial charge in [-0.1, -0.05) is 12.8 Å². The number of guanidine groups is 1. The molecule has 7 heteroatoms. The van der Waals surface area contributed by atoms with Gasteiger partial charge in [-0.3, -0.25) is 4.99 Å². The van der Waals surface area contributed by atoms with Gasteiger partial charge in [0.05, 0.1) is 5.75 Å². The number of aliphatic imine (C=N–C) groups is 1. The maximum Gasteiger partial charge on any atom is 0.191 e. The Balaban J connectivity index is 2.18. The molecule has 1 atom stereocenters. The number of hydrogen-bond donors (Lipinski definition) is 2. The largest absolute Gasteiger partial charge is 0.356 e. The predicted molar refractivity (Wildman–Crippen MR) is 97.8 cm³/mol. The van der Waals surface area contributed by atoms with Crippen molar-refractivity contribution in [1.82, 2.24) is 15.5 Å². The van der Waals surface area contributed by atoms with Crippen molar-refractivity contribution in [3.05, 3.63) is 0 Å². The molecule has 0 aromatic heterocycles. The van der Waals surface area contributed by atoms with Crippen LogP contribution in [-0.2, 0) is 9.84 Å². The smallest absolute Gasteiger partial charge is 0.191 e. The van der Waals surface area contributed by atoms with Crippen LogP contribution in [0, 0.1) is 0 Å². The first kappa shape index (κ1) is 20.2. The molecule has 23 heavy (non-hydrogen) atoms. The van der Waals surface area contributed by atoms with E-state index in [-0.39, 0.29) is 11.8 Å². The lowest BCUT2D eigenvalue weighted by molar-refractivity contribution is 0.282. The third-order valence-electron chi connectivity index (χ3n) is 4.17. The second-order valence-electron chi connectivity index (χ2n) is 6.57. The van der Waals surface area contributed by atoms with Crippen molar-refractivity contribution in [2.75, 3.05) is 45.2 Å². The Morgan fingerprint density at radius 1 is 1.22 bits per heavy atom. The van der Waals surface area contributed by atoms with Crippen molar-refractivity contribution < 1.29 is 8.42 Å². The Morgan fingerprint density at radius 3 is 2.43 bits per heavy atom. The SMILES string of the molecule is CN=C(NCCCN1CCCCCC1)NC(C)CCS(C)(=O)=O. The van der Waals surface area contributed by atoms with Crippen molar-refractivity contribution in [3.63, 3.8) is 0 Å². The molecule has 2 N–H and O–H groups in total. The van der Waals surface area contributed by atoms with Crippen LogP contribution >= 0.6 is 0 Å². The molecular weight excluding hydrogens is 312 g/mol. The molecule has 0 aromatic carbocycles. The van der Waals surface area contributed by atoms with Crippen LogP contribution in [0.15, 0.2) is 4.99 Å². The van der Waals surface area contributed by atoms with Gasteiger partial charge in [-0.15, -0.1) is 0 Å². The summed E-state index contributed by atoms with van der Waals surface area (Å²) in [4.78, 5) is 6.76. The van der Waals surface area contributed by atoms with E-state index in [0.29, 0.717) is 6.42 Å². The Hall–Kier alpha value is -0.820. The van der Waals surface area contributed by atoms with Gasteiger partial charge < -0.3 is 15.5 Å². The van der Waals surface area contributed by atoms with Gasteiger partial charge in [0, 0.05) is 25.9 Å². The average molecular weight is 347 g/mol. The minimum atomic E-state index is -2.90. The van der Waals surface area contributed by atoms with Crippen molar-refractivity contribution in [2.24, 2.45) is 4.99 Å². The second kappa shape index (κ2) is 10.9. The summed E-state index contributed by atoms with van der Waals surface area (Å²) in [6, 6.07) is 0.0848. The summed E-state index contributed by atoms with van der Waals surface area (Å²) in [5, 5.41) is 6.56. The first-order valence-corrected chi connectivity index (χ1v) is 10.8. The van der Waals surface area contributed by atoms with E-state index in [9.17, 15) is 8.42 Å². The van der Waals surface area contributed by atoms with E-state index in [1.165, 1.54) is 45.0 Å². The zero-order valence-corrected chi connectivity index (χ0v) is 15.8. The Bertz CT molecular complexity index is 443. The Kier molecular flexibility index (Phi) is 9.55. The van der Waals surface area contributed by atoms with Crippen LogP contribution in [-0.4, -0.2) is 70.6 Å². The molecule has 0 saturated carbocycles. The fraction of sp³-hybridized carbons (Fsp3) is 0.938. The molecule has 0 bridgehead atoms. The van der Waals surface area contributed by atoms with E-state index in [0.717, 1.165) is 25.5 Å². The van der Waals surface area contributed by atoms with Crippen LogP contribution in [0.5, 0.6) is 0 Å².